The Morgan fingerprint density at radius 3 is 2.59 bits per heavy atom. The van der Waals surface area contributed by atoms with Crippen molar-refractivity contribution in [2.24, 2.45) is 0 Å². The first-order valence-electron chi connectivity index (χ1n) is 4.30. The predicted molar refractivity (Wildman–Crippen MR) is 57.1 cm³/mol. The van der Waals surface area contributed by atoms with Crippen LogP contribution in [0.5, 0.6) is 0 Å². The number of alkyl halides is 3. The van der Waals surface area contributed by atoms with Crippen molar-refractivity contribution in [3.05, 3.63) is 33.6 Å². The van der Waals surface area contributed by atoms with Crippen LogP contribution in [0, 0.1) is 4.84 Å². The van der Waals surface area contributed by atoms with Crippen LogP contribution in [0.25, 0.3) is 11.5 Å². The number of hydrogen-bond donors (Lipinski definition) is 1. The molecule has 0 aliphatic heterocycles. The lowest BCUT2D eigenvalue weighted by Gasteiger charge is -2.09. The fraction of sp³-hybridized carbons (Fsp3) is 0.111. The normalized spacial score (nSPS) is 11.8. The summed E-state index contributed by atoms with van der Waals surface area (Å²) in [4.78, 5) is -0.0106. The molecule has 1 aromatic heterocycles. The van der Waals surface area contributed by atoms with Crippen LogP contribution >= 0.6 is 23.8 Å². The zero-order chi connectivity index (χ0) is 12.6. The SMILES string of the molecule is FC(F)(F)c1cc(-c2n[nH]c(=S)o2)ccc1Cl. The van der Waals surface area contributed by atoms with E-state index in [1.54, 1.807) is 0 Å². The molecular weight excluding hydrogens is 277 g/mol. The highest BCUT2D eigenvalue weighted by Crippen LogP contribution is 2.36. The number of nitrogens with zero attached hydrogens (tertiary/aromatic N) is 1. The second-order valence-corrected chi connectivity index (χ2v) is 3.89. The van der Waals surface area contributed by atoms with E-state index in [-0.39, 0.29) is 21.3 Å². The summed E-state index contributed by atoms with van der Waals surface area (Å²) in [5.74, 6) is -0.0165. The molecule has 0 bridgehead atoms. The van der Waals surface area contributed by atoms with Crippen molar-refractivity contribution in [2.75, 3.05) is 0 Å². The van der Waals surface area contributed by atoms with Gasteiger partial charge in [0, 0.05) is 5.56 Å². The van der Waals surface area contributed by atoms with E-state index < -0.39 is 11.7 Å². The molecule has 0 spiro atoms. The third kappa shape index (κ3) is 2.50. The van der Waals surface area contributed by atoms with E-state index >= 15 is 0 Å². The van der Waals surface area contributed by atoms with Gasteiger partial charge in [-0.2, -0.15) is 13.2 Å². The van der Waals surface area contributed by atoms with Crippen molar-refractivity contribution < 1.29 is 17.6 Å². The Morgan fingerprint density at radius 2 is 2.06 bits per heavy atom. The zero-order valence-corrected chi connectivity index (χ0v) is 9.58. The van der Waals surface area contributed by atoms with E-state index in [2.05, 4.69) is 22.4 Å². The van der Waals surface area contributed by atoms with Gasteiger partial charge in [0.05, 0.1) is 10.6 Å². The van der Waals surface area contributed by atoms with Crippen molar-refractivity contribution in [1.82, 2.24) is 10.2 Å². The third-order valence-electron chi connectivity index (χ3n) is 1.96. The first kappa shape index (κ1) is 12.1. The fourth-order valence-corrected chi connectivity index (χ4v) is 1.58. The van der Waals surface area contributed by atoms with Crippen LogP contribution in [-0.2, 0) is 6.18 Å². The molecule has 0 unspecified atom stereocenters. The van der Waals surface area contributed by atoms with Gasteiger partial charge in [-0.1, -0.05) is 11.6 Å². The van der Waals surface area contributed by atoms with Gasteiger partial charge in [0.2, 0.25) is 5.89 Å². The molecule has 0 fully saturated rings. The predicted octanol–water partition coefficient (Wildman–Crippen LogP) is 4.07. The lowest BCUT2D eigenvalue weighted by atomic mass is 10.1. The number of benzene rings is 1. The van der Waals surface area contributed by atoms with E-state index in [0.29, 0.717) is 0 Å². The van der Waals surface area contributed by atoms with Gasteiger partial charge in [-0.05, 0) is 30.4 Å². The Bertz CT molecular complexity index is 605. The minimum Gasteiger partial charge on any atom is -0.409 e. The molecule has 0 aliphatic carbocycles. The molecular formula is C9H4ClF3N2OS. The molecule has 2 aromatic rings. The fourth-order valence-electron chi connectivity index (χ4n) is 1.23. The van der Waals surface area contributed by atoms with Crippen LogP contribution in [0.15, 0.2) is 22.6 Å². The molecule has 0 radical (unpaired) electrons. The van der Waals surface area contributed by atoms with Gasteiger partial charge >= 0.3 is 6.18 Å². The van der Waals surface area contributed by atoms with E-state index in [0.717, 1.165) is 12.1 Å². The molecule has 2 rings (SSSR count). The minimum absolute atomic E-state index is 0.0106. The largest absolute Gasteiger partial charge is 0.417 e. The van der Waals surface area contributed by atoms with Crippen molar-refractivity contribution in [3.63, 3.8) is 0 Å². The van der Waals surface area contributed by atoms with Gasteiger partial charge in [-0.3, -0.25) is 0 Å². The van der Waals surface area contributed by atoms with Gasteiger partial charge in [0.1, 0.15) is 0 Å². The number of hydrogen-bond acceptors (Lipinski definition) is 3. The highest BCUT2D eigenvalue weighted by Gasteiger charge is 2.33. The van der Waals surface area contributed by atoms with Crippen LogP contribution in [0.3, 0.4) is 0 Å². The maximum Gasteiger partial charge on any atom is 0.417 e. The summed E-state index contributed by atoms with van der Waals surface area (Å²) in [7, 11) is 0. The molecule has 3 nitrogen and oxygen atoms in total. The summed E-state index contributed by atoms with van der Waals surface area (Å²) in [5, 5.41) is 5.58. The minimum atomic E-state index is -4.53. The van der Waals surface area contributed by atoms with Gasteiger partial charge in [0.25, 0.3) is 4.84 Å². The molecule has 0 amide bonds. The monoisotopic (exact) mass is 280 g/mol. The van der Waals surface area contributed by atoms with Crippen molar-refractivity contribution >= 4 is 23.8 Å². The first-order valence-corrected chi connectivity index (χ1v) is 5.09. The van der Waals surface area contributed by atoms with Gasteiger partial charge in [-0.15, -0.1) is 5.10 Å². The van der Waals surface area contributed by atoms with E-state index in [1.165, 1.54) is 6.07 Å². The standard InChI is InChI=1S/C9H4ClF3N2OS/c10-6-2-1-4(3-5(6)9(11,12)13)7-14-15-8(17)16-7/h1-3H,(H,15,17). The average Bonchev–Trinajstić information content (AvgIpc) is 2.64. The molecule has 17 heavy (non-hydrogen) atoms. The van der Waals surface area contributed by atoms with E-state index in [4.69, 9.17) is 16.0 Å². The third-order valence-corrected chi connectivity index (χ3v) is 2.46. The maximum atomic E-state index is 12.6. The Balaban J connectivity index is 2.55. The quantitative estimate of drug-likeness (QED) is 0.801. The Morgan fingerprint density at radius 1 is 1.35 bits per heavy atom. The maximum absolute atomic E-state index is 12.6. The molecule has 1 heterocycles. The summed E-state index contributed by atoms with van der Waals surface area (Å²) in [6.45, 7) is 0. The summed E-state index contributed by atoms with van der Waals surface area (Å²) < 4.78 is 42.7. The summed E-state index contributed by atoms with van der Waals surface area (Å²) in [6, 6.07) is 3.36. The molecule has 0 saturated carbocycles. The molecule has 1 aromatic carbocycles. The number of nitrogens with one attached hydrogen (secondary N) is 1. The van der Waals surface area contributed by atoms with Crippen LogP contribution in [0.4, 0.5) is 13.2 Å². The smallest absolute Gasteiger partial charge is 0.409 e. The molecule has 1 N–H and O–H groups in total. The van der Waals surface area contributed by atoms with Gasteiger partial charge in [-0.25, -0.2) is 5.10 Å². The number of aromatic nitrogens is 2. The lowest BCUT2D eigenvalue weighted by molar-refractivity contribution is -0.137. The molecule has 0 atom stereocenters. The topological polar surface area (TPSA) is 41.8 Å². The van der Waals surface area contributed by atoms with Gasteiger partial charge in [0.15, 0.2) is 0 Å². The Hall–Kier alpha value is -1.34. The van der Waals surface area contributed by atoms with Crippen LogP contribution in [0.2, 0.25) is 5.02 Å². The second-order valence-electron chi connectivity index (χ2n) is 3.11. The van der Waals surface area contributed by atoms with E-state index in [1.807, 2.05) is 0 Å². The second kappa shape index (κ2) is 4.15. The van der Waals surface area contributed by atoms with Crippen molar-refractivity contribution in [3.8, 4) is 11.5 Å². The zero-order valence-electron chi connectivity index (χ0n) is 8.01. The average molecular weight is 281 g/mol. The highest BCUT2D eigenvalue weighted by atomic mass is 35.5. The van der Waals surface area contributed by atoms with E-state index in [9.17, 15) is 13.2 Å². The lowest BCUT2D eigenvalue weighted by Crippen LogP contribution is -2.05. The molecule has 90 valence electrons. The number of rotatable bonds is 1. The van der Waals surface area contributed by atoms with Crippen LogP contribution in [0.1, 0.15) is 5.56 Å². The van der Waals surface area contributed by atoms with Crippen molar-refractivity contribution in [1.29, 1.82) is 0 Å². The van der Waals surface area contributed by atoms with Crippen LogP contribution in [-0.4, -0.2) is 10.2 Å². The summed E-state index contributed by atoms with van der Waals surface area (Å²) in [6.07, 6.45) is -4.53. The highest BCUT2D eigenvalue weighted by molar-refractivity contribution is 7.71. The molecule has 8 heteroatoms. The first-order chi connectivity index (χ1) is 7.88. The molecule has 0 aliphatic rings. The number of H-pyrrole nitrogens is 1. The summed E-state index contributed by atoms with van der Waals surface area (Å²) >= 11 is 10.1. The Labute approximate surface area is 103 Å². The summed E-state index contributed by atoms with van der Waals surface area (Å²) in [5.41, 5.74) is -0.796. The van der Waals surface area contributed by atoms with Crippen molar-refractivity contribution in [2.45, 2.75) is 6.18 Å². The number of aromatic amines is 1. The Kier molecular flexibility index (Phi) is 2.96. The van der Waals surface area contributed by atoms with Crippen LogP contribution < -0.4 is 0 Å². The van der Waals surface area contributed by atoms with Gasteiger partial charge < -0.3 is 4.42 Å². The number of halogens is 4. The molecule has 0 saturated heterocycles.